The number of hydrogen-bond donors (Lipinski definition) is 2. The number of benzene rings is 3. The molecule has 27 heavy (non-hydrogen) atoms. The molecule has 6 heteroatoms. The van der Waals surface area contributed by atoms with Gasteiger partial charge in [0.1, 0.15) is 17.3 Å². The molecule has 4 rings (SSSR count). The highest BCUT2D eigenvalue weighted by atomic mass is 32.2. The van der Waals surface area contributed by atoms with E-state index in [4.69, 9.17) is 9.88 Å². The van der Waals surface area contributed by atoms with E-state index >= 15 is 0 Å². The third-order valence-electron chi connectivity index (χ3n) is 4.50. The summed E-state index contributed by atoms with van der Waals surface area (Å²) in [7, 11) is -3.77. The first-order valence-electron chi connectivity index (χ1n) is 8.34. The van der Waals surface area contributed by atoms with Gasteiger partial charge in [-0.15, -0.1) is 0 Å². The fourth-order valence-electron chi connectivity index (χ4n) is 3.17. The zero-order valence-electron chi connectivity index (χ0n) is 14.3. The summed E-state index contributed by atoms with van der Waals surface area (Å²) in [6, 6.07) is 21.0. The Balaban J connectivity index is 1.88. The van der Waals surface area contributed by atoms with Gasteiger partial charge in [-0.1, -0.05) is 36.4 Å². The monoisotopic (exact) mass is 379 g/mol. The second-order valence-corrected chi connectivity index (χ2v) is 7.84. The van der Waals surface area contributed by atoms with E-state index in [0.29, 0.717) is 23.3 Å². The van der Waals surface area contributed by atoms with Crippen LogP contribution < -0.4 is 9.88 Å². The molecule has 0 saturated carbocycles. The molecule has 0 spiro atoms. The van der Waals surface area contributed by atoms with Crippen LogP contribution in [-0.4, -0.2) is 13.5 Å². The maximum absolute atomic E-state index is 11.5. The molecule has 1 aliphatic rings. The Bertz CT molecular complexity index is 1150. The molecule has 1 heterocycles. The fourth-order valence-corrected chi connectivity index (χ4v) is 3.68. The van der Waals surface area contributed by atoms with E-state index in [1.807, 2.05) is 36.4 Å². The van der Waals surface area contributed by atoms with Gasteiger partial charge in [0.25, 0.3) is 0 Å². The Morgan fingerprint density at radius 2 is 1.56 bits per heavy atom. The predicted octanol–water partition coefficient (Wildman–Crippen LogP) is 3.54. The van der Waals surface area contributed by atoms with Crippen molar-refractivity contribution in [3.8, 4) is 11.5 Å². The van der Waals surface area contributed by atoms with E-state index in [9.17, 15) is 13.5 Å². The van der Waals surface area contributed by atoms with E-state index in [2.05, 4.69) is 0 Å². The van der Waals surface area contributed by atoms with Gasteiger partial charge in [0.05, 0.1) is 4.90 Å². The number of fused-ring (bicyclic) bond motifs is 1. The van der Waals surface area contributed by atoms with Crippen molar-refractivity contribution < 1.29 is 18.3 Å². The molecule has 0 aromatic heterocycles. The maximum Gasteiger partial charge on any atom is 0.238 e. The smallest absolute Gasteiger partial charge is 0.238 e. The molecular formula is C21H17NO4S. The number of ether oxygens (including phenoxy) is 1. The molecule has 5 nitrogen and oxygen atoms in total. The summed E-state index contributed by atoms with van der Waals surface area (Å²) in [5.41, 5.74) is 3.23. The van der Waals surface area contributed by atoms with Crippen LogP contribution in [0.15, 0.2) is 77.7 Å². The molecule has 136 valence electrons. The number of nitrogens with two attached hydrogens (primary N) is 1. The van der Waals surface area contributed by atoms with Gasteiger partial charge in [-0.25, -0.2) is 13.6 Å². The molecular weight excluding hydrogens is 362 g/mol. The van der Waals surface area contributed by atoms with Crippen molar-refractivity contribution in [3.63, 3.8) is 0 Å². The van der Waals surface area contributed by atoms with Gasteiger partial charge in [-0.05, 0) is 42.0 Å². The van der Waals surface area contributed by atoms with Crippen molar-refractivity contribution in [1.82, 2.24) is 0 Å². The summed E-state index contributed by atoms with van der Waals surface area (Å²) in [5.74, 6) is 1.48. The molecule has 3 aromatic carbocycles. The van der Waals surface area contributed by atoms with Gasteiger partial charge in [0.15, 0.2) is 0 Å². The largest absolute Gasteiger partial charge is 0.507 e. The maximum atomic E-state index is 11.5. The summed E-state index contributed by atoms with van der Waals surface area (Å²) in [6.45, 7) is 0. The average Bonchev–Trinajstić information content (AvgIpc) is 2.67. The Morgan fingerprint density at radius 1 is 0.889 bits per heavy atom. The van der Waals surface area contributed by atoms with E-state index in [1.165, 1.54) is 12.1 Å². The number of sulfonamides is 1. The average molecular weight is 379 g/mol. The van der Waals surface area contributed by atoms with E-state index < -0.39 is 10.0 Å². The predicted molar refractivity (Wildman–Crippen MR) is 104 cm³/mol. The van der Waals surface area contributed by atoms with Crippen LogP contribution >= 0.6 is 0 Å². The molecule has 3 N–H and O–H groups in total. The number of para-hydroxylation sites is 2. The van der Waals surface area contributed by atoms with Crippen LogP contribution in [-0.2, 0) is 16.4 Å². The number of rotatable bonds is 3. The number of aromatic hydroxyl groups is 1. The highest BCUT2D eigenvalue weighted by molar-refractivity contribution is 7.89. The highest BCUT2D eigenvalue weighted by Gasteiger charge is 2.24. The number of phenolic OH excluding ortho intramolecular Hbond substituents is 1. The van der Waals surface area contributed by atoms with E-state index in [1.54, 1.807) is 24.3 Å². The van der Waals surface area contributed by atoms with Gasteiger partial charge < -0.3 is 9.84 Å². The van der Waals surface area contributed by atoms with Gasteiger partial charge in [0.2, 0.25) is 10.0 Å². The molecule has 0 unspecified atom stereocenters. The summed E-state index contributed by atoms with van der Waals surface area (Å²) in [6.07, 6.45) is 0.583. The highest BCUT2D eigenvalue weighted by Crippen LogP contribution is 2.41. The van der Waals surface area contributed by atoms with Gasteiger partial charge in [-0.2, -0.15) is 0 Å². The summed E-state index contributed by atoms with van der Waals surface area (Å²) < 4.78 is 29.2. The number of hydrogen-bond acceptors (Lipinski definition) is 4. The van der Waals surface area contributed by atoms with Crippen molar-refractivity contribution in [2.75, 3.05) is 0 Å². The minimum atomic E-state index is -3.77. The zero-order valence-corrected chi connectivity index (χ0v) is 15.1. The molecule has 3 aromatic rings. The topological polar surface area (TPSA) is 89.6 Å². The van der Waals surface area contributed by atoms with Gasteiger partial charge >= 0.3 is 0 Å². The van der Waals surface area contributed by atoms with Crippen molar-refractivity contribution in [2.24, 2.45) is 5.14 Å². The lowest BCUT2D eigenvalue weighted by Crippen LogP contribution is -2.12. The second kappa shape index (κ2) is 6.57. The molecule has 0 fully saturated rings. The molecule has 0 radical (unpaired) electrons. The molecule has 0 amide bonds. The van der Waals surface area contributed by atoms with Crippen molar-refractivity contribution in [3.05, 3.63) is 89.5 Å². The first kappa shape index (κ1) is 17.3. The normalized spacial score (nSPS) is 13.8. The first-order chi connectivity index (χ1) is 12.9. The molecule has 0 atom stereocenters. The number of phenols is 1. The summed E-state index contributed by atoms with van der Waals surface area (Å²) in [4.78, 5) is 0.0344. The van der Waals surface area contributed by atoms with Crippen molar-refractivity contribution in [1.29, 1.82) is 0 Å². The van der Waals surface area contributed by atoms with Crippen LogP contribution in [0.4, 0.5) is 0 Å². The number of allylic oxidation sites excluding steroid dienone is 1. The zero-order chi connectivity index (χ0) is 19.0. The van der Waals surface area contributed by atoms with Crippen LogP contribution in [0.1, 0.15) is 16.7 Å². The van der Waals surface area contributed by atoms with Crippen LogP contribution in [0.2, 0.25) is 0 Å². The minimum Gasteiger partial charge on any atom is -0.507 e. The van der Waals surface area contributed by atoms with Crippen LogP contribution in [0.25, 0.3) is 11.3 Å². The quantitative estimate of drug-likeness (QED) is 0.728. The van der Waals surface area contributed by atoms with E-state index in [-0.39, 0.29) is 10.6 Å². The summed E-state index contributed by atoms with van der Waals surface area (Å²) >= 11 is 0. The number of primary sulfonamides is 1. The minimum absolute atomic E-state index is 0.0344. The molecule has 0 saturated heterocycles. The third-order valence-corrected chi connectivity index (χ3v) is 5.43. The Morgan fingerprint density at radius 3 is 2.26 bits per heavy atom. The van der Waals surface area contributed by atoms with Crippen molar-refractivity contribution >= 4 is 21.4 Å². The van der Waals surface area contributed by atoms with Gasteiger partial charge in [-0.3, -0.25) is 0 Å². The van der Waals surface area contributed by atoms with Crippen LogP contribution in [0.5, 0.6) is 11.5 Å². The van der Waals surface area contributed by atoms with Crippen molar-refractivity contribution in [2.45, 2.75) is 11.3 Å². The summed E-state index contributed by atoms with van der Waals surface area (Å²) in [5, 5.41) is 15.5. The Kier molecular flexibility index (Phi) is 4.22. The molecule has 0 bridgehead atoms. The third kappa shape index (κ3) is 3.32. The SMILES string of the molecule is NS(=O)(=O)c1ccc(C2=C(c3ccccc3O)Cc3ccccc3O2)cc1. The lowest BCUT2D eigenvalue weighted by molar-refractivity contribution is 0.471. The first-order valence-corrected chi connectivity index (χ1v) is 9.88. The lowest BCUT2D eigenvalue weighted by Gasteiger charge is -2.24. The van der Waals surface area contributed by atoms with Gasteiger partial charge in [0, 0.05) is 23.1 Å². The molecule has 0 aliphatic carbocycles. The fraction of sp³-hybridized carbons (Fsp3) is 0.0476. The lowest BCUT2D eigenvalue weighted by atomic mass is 9.91. The van der Waals surface area contributed by atoms with E-state index in [0.717, 1.165) is 16.9 Å². The molecule has 1 aliphatic heterocycles. The standard InChI is InChI=1S/C21H17NO4S/c22-27(24,25)16-11-9-14(10-12-16)21-18(17-6-2-3-7-19(17)23)13-15-5-1-4-8-20(15)26-21/h1-12,23H,13H2,(H2,22,24,25). The van der Waals surface area contributed by atoms with Crippen LogP contribution in [0.3, 0.4) is 0 Å². The second-order valence-electron chi connectivity index (χ2n) is 6.28. The Labute approximate surface area is 157 Å². The Hall–Kier alpha value is -3.09. The van der Waals surface area contributed by atoms with Crippen LogP contribution in [0, 0.1) is 0 Å².